The Hall–Kier alpha value is -0.510. The largest absolute Gasteiger partial charge is 0.300 e. The number of Topliss-reactive ketones (excluding diaryl/α,β-unsaturated/α-hetero) is 1. The van der Waals surface area contributed by atoms with E-state index in [1.807, 2.05) is 41.5 Å². The fourth-order valence-corrected chi connectivity index (χ4v) is 2.36. The van der Waals surface area contributed by atoms with Crippen LogP contribution >= 0.6 is 11.9 Å². The minimum Gasteiger partial charge on any atom is -0.300 e. The van der Waals surface area contributed by atoms with E-state index in [4.69, 9.17) is 0 Å². The predicted molar refractivity (Wildman–Crippen MR) is 94.3 cm³/mol. The highest BCUT2D eigenvalue weighted by atomic mass is 32.2. The van der Waals surface area contributed by atoms with Crippen LogP contribution in [0.1, 0.15) is 80.1 Å². The lowest BCUT2D eigenvalue weighted by Crippen LogP contribution is -2.21. The third kappa shape index (κ3) is 15.7. The summed E-state index contributed by atoms with van der Waals surface area (Å²) in [7, 11) is 0. The Bertz CT molecular complexity index is 240. The summed E-state index contributed by atoms with van der Waals surface area (Å²) >= 11 is 1.51. The number of carbonyl (C=O) groups is 2. The molecule has 0 saturated heterocycles. The van der Waals surface area contributed by atoms with Gasteiger partial charge < -0.3 is 0 Å². The predicted octanol–water partition coefficient (Wildman–Crippen LogP) is 5.00. The molecular weight excluding hydrogens is 282 g/mol. The highest BCUT2D eigenvalue weighted by Gasteiger charge is 2.06. The summed E-state index contributed by atoms with van der Waals surface area (Å²) in [6.07, 6.45) is 6.39. The second-order valence-corrected chi connectivity index (χ2v) is 6.51. The average molecular weight is 318 g/mol. The number of carbonyl (C=O) groups excluding carboxylic acids is 2. The van der Waals surface area contributed by atoms with Gasteiger partial charge in [-0.2, -0.15) is 0 Å². The lowest BCUT2D eigenvalue weighted by Gasteiger charge is -2.06. The Morgan fingerprint density at radius 3 is 1.90 bits per heavy atom. The molecular formula is C17H35NO2S. The molecule has 3 nitrogen and oxygen atoms in total. The van der Waals surface area contributed by atoms with Gasteiger partial charge in [0.05, 0.1) is 0 Å². The van der Waals surface area contributed by atoms with Crippen LogP contribution in [0.3, 0.4) is 0 Å². The number of hydrogen-bond donors (Lipinski definition) is 1. The molecule has 1 amide bonds. The SMILES string of the molecule is CC.CC(C)C(=O)CCCCCCCSNC(=O)C(C)C. The van der Waals surface area contributed by atoms with Crippen LogP contribution in [0, 0.1) is 11.8 Å². The summed E-state index contributed by atoms with van der Waals surface area (Å²) in [6.45, 7) is 11.7. The topological polar surface area (TPSA) is 46.2 Å². The molecule has 0 unspecified atom stereocenters. The second-order valence-electron chi connectivity index (χ2n) is 5.61. The molecule has 1 N–H and O–H groups in total. The van der Waals surface area contributed by atoms with Crippen LogP contribution in [0.5, 0.6) is 0 Å². The monoisotopic (exact) mass is 317 g/mol. The molecule has 0 aromatic carbocycles. The summed E-state index contributed by atoms with van der Waals surface area (Å²) in [5.74, 6) is 1.71. The molecule has 0 aliphatic heterocycles. The van der Waals surface area contributed by atoms with E-state index in [9.17, 15) is 9.59 Å². The Kier molecular flexibility index (Phi) is 17.2. The van der Waals surface area contributed by atoms with E-state index in [-0.39, 0.29) is 17.7 Å². The van der Waals surface area contributed by atoms with Crippen LogP contribution in [-0.4, -0.2) is 17.4 Å². The molecule has 0 radical (unpaired) electrons. The maximum atomic E-state index is 11.4. The summed E-state index contributed by atoms with van der Waals surface area (Å²) in [5.41, 5.74) is 0. The molecule has 0 rings (SSSR count). The highest BCUT2D eigenvalue weighted by molar-refractivity contribution is 7.97. The molecule has 0 aromatic rings. The van der Waals surface area contributed by atoms with Gasteiger partial charge in [0.1, 0.15) is 5.78 Å². The maximum absolute atomic E-state index is 11.4. The van der Waals surface area contributed by atoms with Crippen LogP contribution in [0.2, 0.25) is 0 Å². The number of amides is 1. The van der Waals surface area contributed by atoms with Crippen molar-refractivity contribution in [1.29, 1.82) is 0 Å². The first-order chi connectivity index (χ1) is 9.95. The van der Waals surface area contributed by atoms with Gasteiger partial charge in [-0.25, -0.2) is 0 Å². The van der Waals surface area contributed by atoms with Crippen molar-refractivity contribution in [3.05, 3.63) is 0 Å². The molecule has 0 bridgehead atoms. The number of unbranched alkanes of at least 4 members (excludes halogenated alkanes) is 4. The van der Waals surface area contributed by atoms with Crippen molar-refractivity contribution in [2.45, 2.75) is 80.1 Å². The zero-order chi connectivity index (χ0) is 16.7. The standard InChI is InChI=1S/C15H29NO2S.C2H6/c1-12(2)14(17)10-8-6-5-7-9-11-19-16-15(18)13(3)4;1-2/h12-13H,5-11H2,1-4H3,(H,16,18);1-2H3. The first-order valence-corrected chi connectivity index (χ1v) is 9.38. The Morgan fingerprint density at radius 1 is 0.857 bits per heavy atom. The van der Waals surface area contributed by atoms with Crippen molar-refractivity contribution in [2.75, 3.05) is 5.75 Å². The molecule has 0 heterocycles. The maximum Gasteiger partial charge on any atom is 0.232 e. The summed E-state index contributed by atoms with van der Waals surface area (Å²) in [4.78, 5) is 22.7. The van der Waals surface area contributed by atoms with Gasteiger partial charge >= 0.3 is 0 Å². The average Bonchev–Trinajstić information content (AvgIpc) is 2.46. The zero-order valence-electron chi connectivity index (χ0n) is 14.8. The van der Waals surface area contributed by atoms with Crippen molar-refractivity contribution >= 4 is 23.6 Å². The van der Waals surface area contributed by atoms with Crippen molar-refractivity contribution in [2.24, 2.45) is 11.8 Å². The van der Waals surface area contributed by atoms with E-state index in [2.05, 4.69) is 4.72 Å². The van der Waals surface area contributed by atoms with Crippen molar-refractivity contribution in [1.82, 2.24) is 4.72 Å². The molecule has 0 saturated carbocycles. The normalized spacial score (nSPS) is 10.3. The van der Waals surface area contributed by atoms with Crippen LogP contribution < -0.4 is 4.72 Å². The first kappa shape index (κ1) is 22.8. The van der Waals surface area contributed by atoms with Crippen LogP contribution in [0.25, 0.3) is 0 Å². The molecule has 4 heteroatoms. The van der Waals surface area contributed by atoms with Gasteiger partial charge in [-0.15, -0.1) is 0 Å². The van der Waals surface area contributed by atoms with Crippen LogP contribution in [0.15, 0.2) is 0 Å². The molecule has 0 aromatic heterocycles. The van der Waals surface area contributed by atoms with Crippen molar-refractivity contribution < 1.29 is 9.59 Å². The Balaban J connectivity index is 0. The van der Waals surface area contributed by atoms with Gasteiger partial charge in [0, 0.05) is 24.0 Å². The number of nitrogens with one attached hydrogen (secondary N) is 1. The van der Waals surface area contributed by atoms with Crippen LogP contribution in [-0.2, 0) is 9.59 Å². The molecule has 21 heavy (non-hydrogen) atoms. The quantitative estimate of drug-likeness (QED) is 0.431. The second kappa shape index (κ2) is 15.9. The zero-order valence-corrected chi connectivity index (χ0v) is 15.6. The Morgan fingerprint density at radius 2 is 1.38 bits per heavy atom. The van der Waals surface area contributed by atoms with Gasteiger partial charge in [-0.05, 0) is 12.8 Å². The molecule has 0 spiro atoms. The Labute approximate surface area is 136 Å². The van der Waals surface area contributed by atoms with Crippen molar-refractivity contribution in [3.8, 4) is 0 Å². The minimum absolute atomic E-state index is 0.0611. The van der Waals surface area contributed by atoms with E-state index in [0.717, 1.165) is 31.4 Å². The van der Waals surface area contributed by atoms with Gasteiger partial charge in [-0.3, -0.25) is 14.3 Å². The minimum atomic E-state index is 0.0611. The van der Waals surface area contributed by atoms with E-state index < -0.39 is 0 Å². The number of hydrogen-bond acceptors (Lipinski definition) is 3. The summed E-state index contributed by atoms with van der Waals surface area (Å²) in [5, 5.41) is 0. The molecule has 0 aliphatic carbocycles. The lowest BCUT2D eigenvalue weighted by molar-refractivity contribution is -0.122. The van der Waals surface area contributed by atoms with Gasteiger partial charge in [-0.1, -0.05) is 72.8 Å². The third-order valence-corrected chi connectivity index (χ3v) is 3.85. The van der Waals surface area contributed by atoms with E-state index in [1.54, 1.807) is 0 Å². The highest BCUT2D eigenvalue weighted by Crippen LogP contribution is 2.10. The van der Waals surface area contributed by atoms with Gasteiger partial charge in [0.25, 0.3) is 0 Å². The lowest BCUT2D eigenvalue weighted by atomic mass is 10.0. The van der Waals surface area contributed by atoms with Crippen LogP contribution in [0.4, 0.5) is 0 Å². The molecule has 0 atom stereocenters. The van der Waals surface area contributed by atoms with E-state index >= 15 is 0 Å². The fraction of sp³-hybridized carbons (Fsp3) is 0.882. The van der Waals surface area contributed by atoms with E-state index in [0.29, 0.717) is 5.78 Å². The van der Waals surface area contributed by atoms with E-state index in [1.165, 1.54) is 24.8 Å². The van der Waals surface area contributed by atoms with Crippen molar-refractivity contribution in [3.63, 3.8) is 0 Å². The number of rotatable bonds is 11. The molecule has 126 valence electrons. The molecule has 0 fully saturated rings. The first-order valence-electron chi connectivity index (χ1n) is 8.39. The van der Waals surface area contributed by atoms with Gasteiger partial charge in [0.2, 0.25) is 5.91 Å². The number of ketones is 1. The van der Waals surface area contributed by atoms with Gasteiger partial charge in [0.15, 0.2) is 0 Å². The fourth-order valence-electron chi connectivity index (χ4n) is 1.53. The smallest absolute Gasteiger partial charge is 0.232 e. The summed E-state index contributed by atoms with van der Waals surface area (Å²) < 4.78 is 2.84. The third-order valence-electron chi connectivity index (χ3n) is 3.01. The molecule has 0 aliphatic rings. The summed E-state index contributed by atoms with van der Waals surface area (Å²) in [6, 6.07) is 0.